The number of nitrogens with zero attached hydrogens (tertiary/aromatic N) is 1. The van der Waals surface area contributed by atoms with Crippen molar-refractivity contribution >= 4 is 11.9 Å². The summed E-state index contributed by atoms with van der Waals surface area (Å²) in [6, 6.07) is 9.51. The van der Waals surface area contributed by atoms with Crippen LogP contribution in [-0.4, -0.2) is 22.0 Å². The Morgan fingerprint density at radius 1 is 1.10 bits per heavy atom. The second kappa shape index (κ2) is 5.97. The normalized spacial score (nSPS) is 11.7. The number of carbonyl (C=O) groups excluding carboxylic acids is 1. The van der Waals surface area contributed by atoms with Crippen molar-refractivity contribution in [2.75, 3.05) is 0 Å². The van der Waals surface area contributed by atoms with Crippen LogP contribution in [0.4, 0.5) is 0 Å². The van der Waals surface area contributed by atoms with E-state index in [-0.39, 0.29) is 17.2 Å². The van der Waals surface area contributed by atoms with Crippen molar-refractivity contribution in [3.8, 4) is 0 Å². The van der Waals surface area contributed by atoms with E-state index < -0.39 is 11.9 Å². The fourth-order valence-electron chi connectivity index (χ4n) is 1.88. The second-order valence-corrected chi connectivity index (χ2v) is 4.33. The highest BCUT2D eigenvalue weighted by Gasteiger charge is 2.17. The molecule has 102 valence electrons. The number of nitrogens with one attached hydrogen (secondary N) is 1. The number of hydrogen-bond donors (Lipinski definition) is 2. The molecule has 0 spiro atoms. The van der Waals surface area contributed by atoms with Crippen LogP contribution in [0.25, 0.3) is 0 Å². The minimum Gasteiger partial charge on any atom is -0.478 e. The Hall–Kier alpha value is -2.69. The Kier molecular flexibility index (Phi) is 4.10. The van der Waals surface area contributed by atoms with E-state index in [4.69, 9.17) is 5.11 Å². The smallest absolute Gasteiger partial charge is 0.336 e. The molecule has 0 aliphatic heterocycles. The predicted octanol–water partition coefficient (Wildman–Crippen LogP) is 2.27. The highest BCUT2D eigenvalue weighted by atomic mass is 16.4. The summed E-state index contributed by atoms with van der Waals surface area (Å²) in [4.78, 5) is 27.2. The highest BCUT2D eigenvalue weighted by molar-refractivity contribution is 6.04. The lowest BCUT2D eigenvalue weighted by molar-refractivity contribution is 0.0690. The molecule has 1 atom stereocenters. The molecule has 1 aromatic heterocycles. The average molecular weight is 270 g/mol. The Balaban J connectivity index is 2.19. The summed E-state index contributed by atoms with van der Waals surface area (Å²) in [6.07, 6.45) is 3.28. The molecule has 1 aromatic carbocycles. The molecule has 0 saturated heterocycles. The zero-order chi connectivity index (χ0) is 14.5. The standard InChI is InChI=1S/C15H14N2O3/c1-10(11-6-8-16-9-7-11)17-14(18)12-4-2-3-5-13(12)15(19)20/h2-10H,1H3,(H,17,18)(H,19,20). The van der Waals surface area contributed by atoms with Crippen molar-refractivity contribution in [3.05, 3.63) is 65.5 Å². The van der Waals surface area contributed by atoms with Crippen molar-refractivity contribution in [2.45, 2.75) is 13.0 Å². The number of amides is 1. The van der Waals surface area contributed by atoms with Crippen LogP contribution >= 0.6 is 0 Å². The van der Waals surface area contributed by atoms with Gasteiger partial charge in [0.25, 0.3) is 5.91 Å². The third kappa shape index (κ3) is 3.00. The molecule has 0 fully saturated rings. The molecule has 0 aliphatic carbocycles. The summed E-state index contributed by atoms with van der Waals surface area (Å²) in [6.45, 7) is 1.83. The summed E-state index contributed by atoms with van der Waals surface area (Å²) in [7, 11) is 0. The van der Waals surface area contributed by atoms with Gasteiger partial charge in [-0.3, -0.25) is 9.78 Å². The highest BCUT2D eigenvalue weighted by Crippen LogP contribution is 2.14. The van der Waals surface area contributed by atoms with Gasteiger partial charge in [-0.15, -0.1) is 0 Å². The Labute approximate surface area is 116 Å². The van der Waals surface area contributed by atoms with Gasteiger partial charge in [-0.1, -0.05) is 12.1 Å². The van der Waals surface area contributed by atoms with E-state index in [1.165, 1.54) is 12.1 Å². The number of benzene rings is 1. The minimum atomic E-state index is -1.12. The first-order chi connectivity index (χ1) is 9.59. The van der Waals surface area contributed by atoms with Crippen LogP contribution in [0.2, 0.25) is 0 Å². The maximum Gasteiger partial charge on any atom is 0.336 e. The summed E-state index contributed by atoms with van der Waals surface area (Å²) in [5.41, 5.74) is 1.05. The molecule has 20 heavy (non-hydrogen) atoms. The number of carbonyl (C=O) groups is 2. The number of carboxylic acids is 1. The topological polar surface area (TPSA) is 79.3 Å². The molecule has 2 aromatic rings. The van der Waals surface area contributed by atoms with Crippen LogP contribution in [0, 0.1) is 0 Å². The van der Waals surface area contributed by atoms with Crippen LogP contribution in [0.3, 0.4) is 0 Å². The van der Waals surface area contributed by atoms with Gasteiger partial charge in [0.2, 0.25) is 0 Å². The zero-order valence-corrected chi connectivity index (χ0v) is 10.9. The van der Waals surface area contributed by atoms with E-state index in [0.29, 0.717) is 0 Å². The second-order valence-electron chi connectivity index (χ2n) is 4.33. The van der Waals surface area contributed by atoms with Gasteiger partial charge in [-0.2, -0.15) is 0 Å². The summed E-state index contributed by atoms with van der Waals surface area (Å²) >= 11 is 0. The molecular formula is C15H14N2O3. The molecule has 2 rings (SSSR count). The van der Waals surface area contributed by atoms with Gasteiger partial charge in [0.1, 0.15) is 0 Å². The molecule has 1 amide bonds. The monoisotopic (exact) mass is 270 g/mol. The van der Waals surface area contributed by atoms with Crippen molar-refractivity contribution in [1.29, 1.82) is 0 Å². The lowest BCUT2D eigenvalue weighted by atomic mass is 10.1. The van der Waals surface area contributed by atoms with Gasteiger partial charge in [0, 0.05) is 12.4 Å². The number of aromatic nitrogens is 1. The summed E-state index contributed by atoms with van der Waals surface area (Å²) < 4.78 is 0. The Morgan fingerprint density at radius 2 is 1.70 bits per heavy atom. The third-order valence-electron chi connectivity index (χ3n) is 2.96. The third-order valence-corrected chi connectivity index (χ3v) is 2.96. The maximum atomic E-state index is 12.2. The van der Waals surface area contributed by atoms with Crippen molar-refractivity contribution in [2.24, 2.45) is 0 Å². The SMILES string of the molecule is CC(NC(=O)c1ccccc1C(=O)O)c1ccncc1. The molecule has 2 N–H and O–H groups in total. The first-order valence-electron chi connectivity index (χ1n) is 6.12. The average Bonchev–Trinajstić information content (AvgIpc) is 2.48. The molecule has 0 radical (unpaired) electrons. The lowest BCUT2D eigenvalue weighted by Crippen LogP contribution is -2.28. The van der Waals surface area contributed by atoms with Gasteiger partial charge >= 0.3 is 5.97 Å². The fraction of sp³-hybridized carbons (Fsp3) is 0.133. The van der Waals surface area contributed by atoms with E-state index in [1.807, 2.05) is 6.92 Å². The van der Waals surface area contributed by atoms with E-state index >= 15 is 0 Å². The van der Waals surface area contributed by atoms with Crippen molar-refractivity contribution in [1.82, 2.24) is 10.3 Å². The predicted molar refractivity (Wildman–Crippen MR) is 73.5 cm³/mol. The Morgan fingerprint density at radius 3 is 2.30 bits per heavy atom. The van der Waals surface area contributed by atoms with Gasteiger partial charge in [0.15, 0.2) is 0 Å². The number of aromatic carboxylic acids is 1. The molecular weight excluding hydrogens is 256 g/mol. The summed E-state index contributed by atoms with van der Waals surface area (Å²) in [5, 5.41) is 11.9. The quantitative estimate of drug-likeness (QED) is 0.893. The number of carboxylic acid groups (broad SMARTS) is 1. The molecule has 1 unspecified atom stereocenters. The van der Waals surface area contributed by atoms with Crippen LogP contribution < -0.4 is 5.32 Å². The molecule has 0 saturated carbocycles. The van der Waals surface area contributed by atoms with Gasteiger partial charge in [-0.25, -0.2) is 4.79 Å². The number of rotatable bonds is 4. The van der Waals surface area contributed by atoms with Crippen molar-refractivity contribution < 1.29 is 14.7 Å². The molecule has 0 bridgehead atoms. The van der Waals surface area contributed by atoms with Crippen LogP contribution in [0.5, 0.6) is 0 Å². The minimum absolute atomic E-state index is 0.00747. The maximum absolute atomic E-state index is 12.2. The van der Waals surface area contributed by atoms with Gasteiger partial charge in [0.05, 0.1) is 17.2 Å². The van der Waals surface area contributed by atoms with E-state index in [2.05, 4.69) is 10.3 Å². The van der Waals surface area contributed by atoms with E-state index in [1.54, 1.807) is 36.7 Å². The van der Waals surface area contributed by atoms with Gasteiger partial charge < -0.3 is 10.4 Å². The van der Waals surface area contributed by atoms with Crippen LogP contribution in [-0.2, 0) is 0 Å². The molecule has 5 heteroatoms. The summed E-state index contributed by atoms with van der Waals surface area (Å²) in [5.74, 6) is -1.53. The Bertz CT molecular complexity index is 626. The van der Waals surface area contributed by atoms with Gasteiger partial charge in [-0.05, 0) is 36.8 Å². The van der Waals surface area contributed by atoms with Crippen LogP contribution in [0.15, 0.2) is 48.8 Å². The number of hydrogen-bond acceptors (Lipinski definition) is 3. The van der Waals surface area contributed by atoms with Crippen molar-refractivity contribution in [3.63, 3.8) is 0 Å². The van der Waals surface area contributed by atoms with Crippen LogP contribution in [0.1, 0.15) is 39.2 Å². The first-order valence-corrected chi connectivity index (χ1v) is 6.12. The van der Waals surface area contributed by atoms with E-state index in [9.17, 15) is 9.59 Å². The zero-order valence-electron chi connectivity index (χ0n) is 10.9. The van der Waals surface area contributed by atoms with E-state index in [0.717, 1.165) is 5.56 Å². The lowest BCUT2D eigenvalue weighted by Gasteiger charge is -2.15. The number of pyridine rings is 1. The molecule has 5 nitrogen and oxygen atoms in total. The first kappa shape index (κ1) is 13.7. The molecule has 0 aliphatic rings. The fourth-order valence-corrected chi connectivity index (χ4v) is 1.88. The largest absolute Gasteiger partial charge is 0.478 e. The molecule has 1 heterocycles.